The minimum Gasteiger partial charge on any atom is -0.478 e. The van der Waals surface area contributed by atoms with Crippen LogP contribution in [0.1, 0.15) is 6.92 Å². The molecule has 0 unspecified atom stereocenters. The van der Waals surface area contributed by atoms with E-state index in [1.54, 1.807) is 12.2 Å². The molecule has 0 fully saturated rings. The van der Waals surface area contributed by atoms with Crippen molar-refractivity contribution in [3.05, 3.63) is 48.6 Å². The molecule has 64 valence electrons. The van der Waals surface area contributed by atoms with E-state index >= 15 is 0 Å². The number of aliphatic carboxylic acids is 1. The van der Waals surface area contributed by atoms with Crippen LogP contribution in [0.5, 0.6) is 0 Å². The SMILES string of the molecule is C/C=C/C=C/C=C/C=C\C(=O)O. The number of carboxylic acids is 1. The van der Waals surface area contributed by atoms with Crippen molar-refractivity contribution >= 4 is 5.97 Å². The van der Waals surface area contributed by atoms with E-state index in [0.717, 1.165) is 6.08 Å². The van der Waals surface area contributed by atoms with Crippen molar-refractivity contribution in [2.75, 3.05) is 0 Å². The Morgan fingerprint density at radius 3 is 2.00 bits per heavy atom. The zero-order chi connectivity index (χ0) is 9.23. The third-order valence-corrected chi connectivity index (χ3v) is 0.987. The van der Waals surface area contributed by atoms with Crippen LogP contribution in [0.3, 0.4) is 0 Å². The molecule has 0 spiro atoms. The van der Waals surface area contributed by atoms with E-state index in [4.69, 9.17) is 5.11 Å². The smallest absolute Gasteiger partial charge is 0.328 e. The van der Waals surface area contributed by atoms with Gasteiger partial charge in [0, 0.05) is 6.08 Å². The largest absolute Gasteiger partial charge is 0.478 e. The Bertz CT molecular complexity index is 232. The lowest BCUT2D eigenvalue weighted by Gasteiger charge is -1.74. The Balaban J connectivity index is 3.70. The monoisotopic (exact) mass is 164 g/mol. The summed E-state index contributed by atoms with van der Waals surface area (Å²) in [6, 6.07) is 0. The first-order chi connectivity index (χ1) is 5.77. The van der Waals surface area contributed by atoms with Gasteiger partial charge in [-0.15, -0.1) is 0 Å². The van der Waals surface area contributed by atoms with Crippen molar-refractivity contribution in [3.63, 3.8) is 0 Å². The van der Waals surface area contributed by atoms with Gasteiger partial charge in [-0.25, -0.2) is 4.79 Å². The average molecular weight is 164 g/mol. The van der Waals surface area contributed by atoms with Crippen molar-refractivity contribution in [3.8, 4) is 0 Å². The predicted octanol–water partition coefficient (Wildman–Crippen LogP) is 2.32. The maximum atomic E-state index is 9.98. The molecule has 0 radical (unpaired) electrons. The molecule has 2 heteroatoms. The number of hydrogen-bond donors (Lipinski definition) is 1. The van der Waals surface area contributed by atoms with Gasteiger partial charge in [0.25, 0.3) is 0 Å². The summed E-state index contributed by atoms with van der Waals surface area (Å²) in [5, 5.41) is 8.20. The number of carboxylic acid groups (broad SMARTS) is 1. The van der Waals surface area contributed by atoms with Gasteiger partial charge in [0.05, 0.1) is 0 Å². The lowest BCUT2D eigenvalue weighted by Crippen LogP contribution is -1.84. The van der Waals surface area contributed by atoms with Gasteiger partial charge in [-0.05, 0) is 6.92 Å². The van der Waals surface area contributed by atoms with Crippen molar-refractivity contribution in [1.82, 2.24) is 0 Å². The van der Waals surface area contributed by atoms with Gasteiger partial charge in [0.1, 0.15) is 0 Å². The van der Waals surface area contributed by atoms with E-state index in [2.05, 4.69) is 0 Å². The summed E-state index contributed by atoms with van der Waals surface area (Å²) < 4.78 is 0. The molecule has 0 aliphatic rings. The van der Waals surface area contributed by atoms with Crippen LogP contribution in [0, 0.1) is 0 Å². The molecular weight excluding hydrogens is 152 g/mol. The second-order valence-electron chi connectivity index (χ2n) is 1.99. The van der Waals surface area contributed by atoms with Crippen molar-refractivity contribution < 1.29 is 9.90 Å². The topological polar surface area (TPSA) is 37.3 Å². The molecule has 0 aromatic carbocycles. The van der Waals surface area contributed by atoms with Crippen LogP contribution < -0.4 is 0 Å². The third-order valence-electron chi connectivity index (χ3n) is 0.987. The Hall–Kier alpha value is -1.57. The number of allylic oxidation sites excluding steroid dienone is 7. The Morgan fingerprint density at radius 2 is 1.50 bits per heavy atom. The summed E-state index contributed by atoms with van der Waals surface area (Å²) in [5.41, 5.74) is 0. The van der Waals surface area contributed by atoms with Gasteiger partial charge in [-0.2, -0.15) is 0 Å². The van der Waals surface area contributed by atoms with E-state index < -0.39 is 5.97 Å². The molecule has 0 aromatic rings. The molecule has 0 amide bonds. The van der Waals surface area contributed by atoms with Gasteiger partial charge in [-0.3, -0.25) is 0 Å². The molecule has 0 aliphatic carbocycles. The normalized spacial score (nSPS) is 12.8. The van der Waals surface area contributed by atoms with Crippen LogP contribution >= 0.6 is 0 Å². The highest BCUT2D eigenvalue weighted by Gasteiger charge is 1.78. The van der Waals surface area contributed by atoms with Crippen molar-refractivity contribution in [2.45, 2.75) is 6.92 Å². The summed E-state index contributed by atoms with van der Waals surface area (Å²) in [5.74, 6) is -0.933. The standard InChI is InChI=1S/C10H12O2/c1-2-3-4-5-6-7-8-9-10(11)12/h2-9H,1H3,(H,11,12)/b3-2+,5-4+,7-6+,9-8-. The highest BCUT2D eigenvalue weighted by atomic mass is 16.4. The van der Waals surface area contributed by atoms with E-state index in [0.29, 0.717) is 0 Å². The molecule has 0 saturated carbocycles. The van der Waals surface area contributed by atoms with Crippen LogP contribution in [-0.4, -0.2) is 11.1 Å². The molecule has 0 heterocycles. The first kappa shape index (κ1) is 10.4. The Labute approximate surface area is 72.2 Å². The molecule has 0 aromatic heterocycles. The summed E-state index contributed by atoms with van der Waals surface area (Å²) in [6.45, 7) is 1.93. The average Bonchev–Trinajstić information content (AvgIpc) is 2.02. The maximum Gasteiger partial charge on any atom is 0.328 e. The first-order valence-electron chi connectivity index (χ1n) is 3.63. The zero-order valence-corrected chi connectivity index (χ0v) is 6.97. The van der Waals surface area contributed by atoms with Crippen LogP contribution in [0.15, 0.2) is 48.6 Å². The predicted molar refractivity (Wildman–Crippen MR) is 49.9 cm³/mol. The van der Waals surface area contributed by atoms with Gasteiger partial charge < -0.3 is 5.11 Å². The van der Waals surface area contributed by atoms with Crippen LogP contribution in [-0.2, 0) is 4.79 Å². The molecular formula is C10H12O2. The summed E-state index contributed by atoms with van der Waals surface area (Å²) in [4.78, 5) is 9.98. The van der Waals surface area contributed by atoms with Crippen LogP contribution in [0.4, 0.5) is 0 Å². The molecule has 0 rings (SSSR count). The fraction of sp³-hybridized carbons (Fsp3) is 0.100. The quantitative estimate of drug-likeness (QED) is 0.511. The van der Waals surface area contributed by atoms with Gasteiger partial charge in [-0.1, -0.05) is 42.5 Å². The van der Waals surface area contributed by atoms with Gasteiger partial charge in [0.15, 0.2) is 0 Å². The van der Waals surface area contributed by atoms with E-state index in [9.17, 15) is 4.79 Å². The Kier molecular flexibility index (Phi) is 6.55. The van der Waals surface area contributed by atoms with Gasteiger partial charge in [0.2, 0.25) is 0 Å². The summed E-state index contributed by atoms with van der Waals surface area (Å²) >= 11 is 0. The highest BCUT2D eigenvalue weighted by Crippen LogP contribution is 1.81. The minimum atomic E-state index is -0.933. The lowest BCUT2D eigenvalue weighted by molar-refractivity contribution is -0.131. The summed E-state index contributed by atoms with van der Waals surface area (Å²) in [7, 11) is 0. The van der Waals surface area contributed by atoms with E-state index in [1.165, 1.54) is 6.08 Å². The van der Waals surface area contributed by atoms with Crippen molar-refractivity contribution in [2.24, 2.45) is 0 Å². The zero-order valence-electron chi connectivity index (χ0n) is 6.97. The number of hydrogen-bond acceptors (Lipinski definition) is 1. The molecule has 0 atom stereocenters. The molecule has 1 N–H and O–H groups in total. The second-order valence-corrected chi connectivity index (χ2v) is 1.99. The third kappa shape index (κ3) is 8.43. The number of carbonyl (C=O) groups is 1. The number of rotatable bonds is 4. The lowest BCUT2D eigenvalue weighted by atomic mass is 10.4. The molecule has 0 aliphatic heterocycles. The maximum absolute atomic E-state index is 9.98. The fourth-order valence-corrected chi connectivity index (χ4v) is 0.506. The van der Waals surface area contributed by atoms with Crippen LogP contribution in [0.25, 0.3) is 0 Å². The highest BCUT2D eigenvalue weighted by molar-refractivity contribution is 5.80. The summed E-state index contributed by atoms with van der Waals surface area (Å²) in [6.07, 6.45) is 13.5. The minimum absolute atomic E-state index is 0.933. The van der Waals surface area contributed by atoms with E-state index in [-0.39, 0.29) is 0 Å². The fourth-order valence-electron chi connectivity index (χ4n) is 0.506. The van der Waals surface area contributed by atoms with E-state index in [1.807, 2.05) is 31.2 Å². The molecule has 12 heavy (non-hydrogen) atoms. The first-order valence-corrected chi connectivity index (χ1v) is 3.63. The molecule has 2 nitrogen and oxygen atoms in total. The molecule has 0 bridgehead atoms. The second kappa shape index (κ2) is 7.54. The van der Waals surface area contributed by atoms with Crippen LogP contribution in [0.2, 0.25) is 0 Å². The molecule has 0 saturated heterocycles. The van der Waals surface area contributed by atoms with Crippen molar-refractivity contribution in [1.29, 1.82) is 0 Å². The Morgan fingerprint density at radius 1 is 1.00 bits per heavy atom. The van der Waals surface area contributed by atoms with Gasteiger partial charge >= 0.3 is 5.97 Å².